The Bertz CT molecular complexity index is 2050. The van der Waals surface area contributed by atoms with Crippen molar-refractivity contribution in [2.75, 3.05) is 44.1 Å². The van der Waals surface area contributed by atoms with E-state index in [1.807, 2.05) is 18.2 Å². The molecule has 0 spiro atoms. The summed E-state index contributed by atoms with van der Waals surface area (Å²) in [4.78, 5) is 57.3. The lowest BCUT2D eigenvalue weighted by molar-refractivity contribution is -0.126. The minimum Gasteiger partial charge on any atom is -0.494 e. The second-order valence-electron chi connectivity index (χ2n) is 10.8. The molecule has 0 bridgehead atoms. The molecule has 4 heterocycles. The molecule has 1 fully saturated rings. The van der Waals surface area contributed by atoms with E-state index in [-0.39, 0.29) is 46.5 Å². The first-order valence-electron chi connectivity index (χ1n) is 14.7. The van der Waals surface area contributed by atoms with Gasteiger partial charge >= 0.3 is 11.4 Å². The van der Waals surface area contributed by atoms with E-state index in [4.69, 9.17) is 25.9 Å². The molecule has 1 amide bonds. The molecule has 15 heteroatoms. The molecule has 0 atom stereocenters. The zero-order valence-corrected chi connectivity index (χ0v) is 25.7. The Morgan fingerprint density at radius 2 is 1.51 bits per heavy atom. The minimum absolute atomic E-state index is 0.0440. The summed E-state index contributed by atoms with van der Waals surface area (Å²) in [7, 11) is 2.91. The van der Waals surface area contributed by atoms with Crippen molar-refractivity contribution in [2.45, 2.75) is 18.9 Å². The van der Waals surface area contributed by atoms with Crippen LogP contribution in [-0.4, -0.2) is 73.2 Å². The van der Waals surface area contributed by atoms with Gasteiger partial charge in [-0.25, -0.2) is 19.6 Å². The van der Waals surface area contributed by atoms with Gasteiger partial charge in [-0.3, -0.25) is 13.9 Å². The van der Waals surface area contributed by atoms with Gasteiger partial charge in [0.15, 0.2) is 0 Å². The Morgan fingerprint density at radius 1 is 0.915 bits per heavy atom. The van der Waals surface area contributed by atoms with Gasteiger partial charge in [0.1, 0.15) is 34.5 Å². The average molecular weight is 637 g/mol. The molecule has 15 nitrogen and oxygen atoms in total. The summed E-state index contributed by atoms with van der Waals surface area (Å²) >= 11 is 0. The van der Waals surface area contributed by atoms with Crippen molar-refractivity contribution in [3.63, 3.8) is 0 Å². The third-order valence-corrected chi connectivity index (χ3v) is 7.96. The summed E-state index contributed by atoms with van der Waals surface area (Å²) in [5.41, 5.74) is 12.5. The van der Waals surface area contributed by atoms with E-state index >= 15 is 0 Å². The van der Waals surface area contributed by atoms with Crippen LogP contribution in [0.25, 0.3) is 33.4 Å². The van der Waals surface area contributed by atoms with Crippen molar-refractivity contribution in [2.24, 2.45) is 0 Å². The number of methoxy groups -OCH3 is 2. The summed E-state index contributed by atoms with van der Waals surface area (Å²) in [6.45, 7) is 4.80. The molecule has 240 valence electrons. The average Bonchev–Trinajstić information content (AvgIpc) is 3.07. The number of nitrogens with zero attached hydrogens (tertiary/aromatic N) is 7. The van der Waals surface area contributed by atoms with Gasteiger partial charge < -0.3 is 31.2 Å². The molecule has 2 aromatic carbocycles. The molecular formula is C32H32N10O5. The van der Waals surface area contributed by atoms with Crippen LogP contribution in [0.1, 0.15) is 12.8 Å². The maximum atomic E-state index is 13.2. The molecule has 1 aliphatic heterocycles. The van der Waals surface area contributed by atoms with Crippen LogP contribution in [-0.2, 0) is 4.79 Å². The fraction of sp³-hybridized carbons (Fsp3) is 0.219. The first-order chi connectivity index (χ1) is 22.7. The number of nitrogen functional groups attached to an aromatic ring is 2. The maximum absolute atomic E-state index is 13.2. The number of aromatic nitrogens is 6. The van der Waals surface area contributed by atoms with Gasteiger partial charge in [-0.05, 0) is 48.7 Å². The van der Waals surface area contributed by atoms with Crippen LogP contribution in [0.15, 0.2) is 77.2 Å². The highest BCUT2D eigenvalue weighted by molar-refractivity contribution is 5.92. The SMILES string of the molecule is C=CC(=O)N1CCC(Nc2ncc3cc(-c4c(-n5ccc(N)nc5=O)c(OC)cc(OC)c4-n4ccc(N)nc4=O)ccc3n2)CC1. The van der Waals surface area contributed by atoms with Gasteiger partial charge in [0, 0.05) is 54.7 Å². The molecule has 47 heavy (non-hydrogen) atoms. The number of ether oxygens (including phenoxy) is 2. The second kappa shape index (κ2) is 12.6. The van der Waals surface area contributed by atoms with Crippen molar-refractivity contribution < 1.29 is 14.3 Å². The standard InChI is InChI=1S/C32H32N10O5/c1-4-26(43)40-11-7-20(8-12-40)36-30-35-17-19-15-18(5-6-21(19)37-30)27-28(41-13-9-24(33)38-31(41)44)22(46-2)16-23(47-3)29(27)42-14-10-25(34)39-32(42)45/h4-6,9-10,13-17,20H,1,7-8,11-12H2,2-3H3,(H2,33,38,44)(H2,34,39,45)(H,35,36,37). The fourth-order valence-corrected chi connectivity index (χ4v) is 5.66. The molecule has 5 N–H and O–H groups in total. The molecular weight excluding hydrogens is 604 g/mol. The number of anilines is 3. The predicted octanol–water partition coefficient (Wildman–Crippen LogP) is 2.16. The van der Waals surface area contributed by atoms with Gasteiger partial charge in [-0.15, -0.1) is 0 Å². The molecule has 0 unspecified atom stereocenters. The number of hydrogen-bond donors (Lipinski definition) is 3. The number of benzene rings is 2. The Balaban J connectivity index is 1.50. The van der Waals surface area contributed by atoms with Crippen LogP contribution >= 0.6 is 0 Å². The van der Waals surface area contributed by atoms with Gasteiger partial charge in [0.2, 0.25) is 11.9 Å². The fourth-order valence-electron chi connectivity index (χ4n) is 5.66. The van der Waals surface area contributed by atoms with E-state index in [1.165, 1.54) is 54.0 Å². The smallest absolute Gasteiger partial charge is 0.354 e. The second-order valence-corrected chi connectivity index (χ2v) is 10.8. The predicted molar refractivity (Wildman–Crippen MR) is 177 cm³/mol. The van der Waals surface area contributed by atoms with Crippen molar-refractivity contribution in [1.29, 1.82) is 0 Å². The van der Waals surface area contributed by atoms with Gasteiger partial charge in [-0.1, -0.05) is 12.6 Å². The first-order valence-corrected chi connectivity index (χ1v) is 14.7. The van der Waals surface area contributed by atoms with E-state index < -0.39 is 11.4 Å². The molecule has 3 aromatic heterocycles. The number of amides is 1. The Kier molecular flexibility index (Phi) is 8.27. The summed E-state index contributed by atoms with van der Waals surface area (Å²) < 4.78 is 14.1. The Labute approximate surface area is 268 Å². The number of likely N-dealkylation sites (tertiary alicyclic amines) is 1. The van der Waals surface area contributed by atoms with Crippen LogP contribution in [0.3, 0.4) is 0 Å². The highest BCUT2D eigenvalue weighted by Crippen LogP contribution is 2.44. The monoisotopic (exact) mass is 636 g/mol. The molecule has 5 aromatic rings. The first kappa shape index (κ1) is 30.8. The molecule has 0 radical (unpaired) electrons. The lowest BCUT2D eigenvalue weighted by Gasteiger charge is -2.31. The molecule has 1 aliphatic rings. The topological polar surface area (TPSA) is 198 Å². The number of hydrogen-bond acceptors (Lipinski definition) is 12. The largest absolute Gasteiger partial charge is 0.494 e. The number of nitrogens with two attached hydrogens (primary N) is 2. The van der Waals surface area contributed by atoms with Gasteiger partial charge in [-0.2, -0.15) is 9.97 Å². The number of carbonyl (C=O) groups is 1. The highest BCUT2D eigenvalue weighted by Gasteiger charge is 2.26. The van der Waals surface area contributed by atoms with Crippen LogP contribution in [0, 0.1) is 0 Å². The third-order valence-electron chi connectivity index (χ3n) is 7.96. The molecule has 0 saturated carbocycles. The van der Waals surface area contributed by atoms with E-state index in [1.54, 1.807) is 17.2 Å². The normalized spacial score (nSPS) is 13.4. The lowest BCUT2D eigenvalue weighted by Crippen LogP contribution is -2.41. The van der Waals surface area contributed by atoms with Crippen molar-refractivity contribution in [1.82, 2.24) is 34.0 Å². The summed E-state index contributed by atoms with van der Waals surface area (Å²) in [6.07, 6.45) is 7.48. The third kappa shape index (κ3) is 5.93. The number of carbonyl (C=O) groups excluding carboxylic acids is 1. The van der Waals surface area contributed by atoms with E-state index in [2.05, 4.69) is 26.8 Å². The highest BCUT2D eigenvalue weighted by atomic mass is 16.5. The van der Waals surface area contributed by atoms with Gasteiger partial charge in [0.05, 0.1) is 19.7 Å². The number of rotatable bonds is 8. The van der Waals surface area contributed by atoms with Crippen molar-refractivity contribution in [3.8, 4) is 34.0 Å². The van der Waals surface area contributed by atoms with Crippen molar-refractivity contribution >= 4 is 34.4 Å². The Hall–Kier alpha value is -6.25. The number of nitrogens with one attached hydrogen (secondary N) is 1. The van der Waals surface area contributed by atoms with Crippen LogP contribution in [0.5, 0.6) is 11.5 Å². The zero-order chi connectivity index (χ0) is 33.2. The van der Waals surface area contributed by atoms with Gasteiger partial charge in [0.25, 0.3) is 0 Å². The summed E-state index contributed by atoms with van der Waals surface area (Å²) in [6, 6.07) is 10.1. The van der Waals surface area contributed by atoms with E-state index in [0.717, 1.165) is 12.8 Å². The quantitative estimate of drug-likeness (QED) is 0.210. The van der Waals surface area contributed by atoms with E-state index in [0.29, 0.717) is 41.1 Å². The molecule has 6 rings (SSSR count). The van der Waals surface area contributed by atoms with Crippen LogP contribution in [0.2, 0.25) is 0 Å². The lowest BCUT2D eigenvalue weighted by atomic mass is 9.97. The van der Waals surface area contributed by atoms with Crippen molar-refractivity contribution in [3.05, 3.63) is 88.6 Å². The Morgan fingerprint density at radius 3 is 2.04 bits per heavy atom. The zero-order valence-electron chi connectivity index (χ0n) is 25.7. The molecule has 1 saturated heterocycles. The number of piperidine rings is 1. The maximum Gasteiger partial charge on any atom is 0.354 e. The minimum atomic E-state index is -0.664. The summed E-state index contributed by atoms with van der Waals surface area (Å²) in [5.74, 6) is 1.01. The van der Waals surface area contributed by atoms with E-state index in [9.17, 15) is 14.4 Å². The summed E-state index contributed by atoms with van der Waals surface area (Å²) in [5, 5.41) is 4.06. The van der Waals surface area contributed by atoms with Crippen LogP contribution in [0.4, 0.5) is 17.6 Å². The number of fused-ring (bicyclic) bond motifs is 1. The molecule has 0 aliphatic carbocycles. The van der Waals surface area contributed by atoms with Crippen LogP contribution < -0.4 is 37.6 Å².